The number of hydrogen-bond acceptors (Lipinski definition) is 7. The Morgan fingerprint density at radius 3 is 2.85 bits per heavy atom. The van der Waals surface area contributed by atoms with E-state index in [1.807, 2.05) is 5.32 Å². The molecule has 2 aromatic rings. The van der Waals surface area contributed by atoms with Gasteiger partial charge in [0.1, 0.15) is 17.5 Å². The Bertz CT molecular complexity index is 1170. The zero-order valence-corrected chi connectivity index (χ0v) is 19.5. The summed E-state index contributed by atoms with van der Waals surface area (Å²) in [5, 5.41) is 15.0. The number of alkyl halides is 3. The van der Waals surface area contributed by atoms with Crippen molar-refractivity contribution in [2.45, 2.75) is 24.7 Å². The highest BCUT2D eigenvalue weighted by molar-refractivity contribution is 7.11. The number of nitrogens with zero attached hydrogens (tertiary/aromatic N) is 3. The van der Waals surface area contributed by atoms with E-state index in [4.69, 9.17) is 22.0 Å². The Labute approximate surface area is 202 Å². The molecule has 0 bridgehead atoms. The molecule has 12 heteroatoms. The third kappa shape index (κ3) is 4.73. The summed E-state index contributed by atoms with van der Waals surface area (Å²) in [7, 11) is 1.64. The van der Waals surface area contributed by atoms with Crippen LogP contribution in [0.2, 0.25) is 5.02 Å². The highest BCUT2D eigenvalue weighted by atomic mass is 35.5. The summed E-state index contributed by atoms with van der Waals surface area (Å²) in [6.45, 7) is -2.86. The Kier molecular flexibility index (Phi) is 7.06. The molecule has 1 saturated heterocycles. The van der Waals surface area contributed by atoms with Crippen molar-refractivity contribution in [1.82, 2.24) is 20.5 Å². The zero-order valence-electron chi connectivity index (χ0n) is 18.0. The second-order valence-electron chi connectivity index (χ2n) is 7.87. The van der Waals surface area contributed by atoms with E-state index in [1.165, 1.54) is 23.5 Å². The quantitative estimate of drug-likeness (QED) is 0.273. The molecule has 34 heavy (non-hydrogen) atoms. The first-order chi connectivity index (χ1) is 16.3. The molecular formula is C22H21ClF4N6S. The number of allylic oxidation sites excluding steroid dienone is 1. The average Bonchev–Trinajstić information content (AvgIpc) is 3.42. The number of aliphatic imine (C=N–C) groups is 1. The maximum atomic E-state index is 15.8. The van der Waals surface area contributed by atoms with Crippen LogP contribution in [-0.2, 0) is 0 Å². The topological polar surface area (TPSA) is 76.4 Å². The van der Waals surface area contributed by atoms with E-state index >= 15 is 4.39 Å². The van der Waals surface area contributed by atoms with Gasteiger partial charge in [-0.1, -0.05) is 17.7 Å². The largest absolute Gasteiger partial charge is 0.336 e. The van der Waals surface area contributed by atoms with Crippen LogP contribution in [0.5, 0.6) is 0 Å². The van der Waals surface area contributed by atoms with Gasteiger partial charge in [-0.15, -0.1) is 11.3 Å². The molecule has 4 rings (SSSR count). The van der Waals surface area contributed by atoms with Crippen LogP contribution in [0.25, 0.3) is 0 Å². The van der Waals surface area contributed by atoms with Crippen molar-refractivity contribution >= 4 is 35.0 Å². The number of aromatic nitrogens is 1. The summed E-state index contributed by atoms with van der Waals surface area (Å²) in [6.07, 6.45) is 3.45. The fourth-order valence-corrected chi connectivity index (χ4v) is 5.16. The van der Waals surface area contributed by atoms with Crippen LogP contribution in [0.1, 0.15) is 23.0 Å². The summed E-state index contributed by atoms with van der Waals surface area (Å²) in [5.41, 5.74) is -0.380. The molecule has 0 aliphatic carbocycles. The third-order valence-electron chi connectivity index (χ3n) is 5.55. The van der Waals surface area contributed by atoms with Crippen LogP contribution >= 0.6 is 22.9 Å². The van der Waals surface area contributed by atoms with E-state index in [0.29, 0.717) is 27.7 Å². The molecule has 0 saturated carbocycles. The number of halogens is 5. The van der Waals surface area contributed by atoms with Gasteiger partial charge in [0.25, 0.3) is 0 Å². The predicted molar refractivity (Wildman–Crippen MR) is 125 cm³/mol. The first-order valence-corrected chi connectivity index (χ1v) is 11.5. The van der Waals surface area contributed by atoms with Gasteiger partial charge in [-0.25, -0.2) is 13.8 Å². The normalized spacial score (nSPS) is 22.8. The summed E-state index contributed by atoms with van der Waals surface area (Å²) in [6, 6.07) is 2.90. The molecular weight excluding hydrogens is 492 g/mol. The number of thiazole rings is 1. The zero-order chi connectivity index (χ0) is 24.5. The van der Waals surface area contributed by atoms with Crippen molar-refractivity contribution in [1.29, 1.82) is 5.41 Å². The SMILES string of the molecule is CNCC1(F)CC2=C(/C(C=N)=C/NC(F)F)[C@H](c3ccc(F)cc3Cl)N=C(c3nccs3)N2C1. The number of hydrogen-bond donors (Lipinski definition) is 3. The molecule has 180 valence electrons. The van der Waals surface area contributed by atoms with Crippen molar-refractivity contribution in [3.05, 3.63) is 74.2 Å². The minimum Gasteiger partial charge on any atom is -0.336 e. The minimum atomic E-state index is -2.87. The van der Waals surface area contributed by atoms with Gasteiger partial charge >= 0.3 is 6.55 Å². The summed E-state index contributed by atoms with van der Waals surface area (Å²) < 4.78 is 55.5. The first-order valence-electron chi connectivity index (χ1n) is 10.3. The van der Waals surface area contributed by atoms with Crippen molar-refractivity contribution in [2.75, 3.05) is 20.1 Å². The number of nitrogens with one attached hydrogen (secondary N) is 3. The average molecular weight is 513 g/mol. The number of benzene rings is 1. The Balaban J connectivity index is 1.96. The fourth-order valence-electron chi connectivity index (χ4n) is 4.25. The van der Waals surface area contributed by atoms with Gasteiger partial charge in [0.05, 0.1) is 6.54 Å². The summed E-state index contributed by atoms with van der Waals surface area (Å²) in [4.78, 5) is 10.8. The smallest absolute Gasteiger partial charge is 0.312 e. The molecule has 1 fully saturated rings. The van der Waals surface area contributed by atoms with Crippen molar-refractivity contribution < 1.29 is 17.6 Å². The second kappa shape index (κ2) is 9.85. The van der Waals surface area contributed by atoms with Gasteiger partial charge in [-0.05, 0) is 24.7 Å². The molecule has 3 heterocycles. The van der Waals surface area contributed by atoms with Crippen LogP contribution in [0, 0.1) is 11.2 Å². The summed E-state index contributed by atoms with van der Waals surface area (Å²) in [5.74, 6) is -0.148. The van der Waals surface area contributed by atoms with Gasteiger partial charge < -0.3 is 20.9 Å². The molecule has 1 aromatic heterocycles. The Hall–Kier alpha value is -2.76. The Morgan fingerprint density at radius 2 is 2.24 bits per heavy atom. The molecule has 1 unspecified atom stereocenters. The van der Waals surface area contributed by atoms with E-state index in [9.17, 15) is 13.2 Å². The maximum absolute atomic E-state index is 15.8. The molecule has 0 amide bonds. The van der Waals surface area contributed by atoms with Crippen LogP contribution < -0.4 is 10.6 Å². The molecule has 6 nitrogen and oxygen atoms in total. The Morgan fingerprint density at radius 1 is 1.44 bits per heavy atom. The van der Waals surface area contributed by atoms with Gasteiger partial charge in [0.2, 0.25) is 0 Å². The van der Waals surface area contributed by atoms with Gasteiger partial charge in [0.15, 0.2) is 10.8 Å². The molecule has 0 radical (unpaired) electrons. The number of fused-ring (bicyclic) bond motifs is 1. The number of rotatable bonds is 8. The van der Waals surface area contributed by atoms with Gasteiger partial charge in [-0.2, -0.15) is 8.78 Å². The molecule has 0 spiro atoms. The molecule has 2 aliphatic rings. The summed E-state index contributed by atoms with van der Waals surface area (Å²) >= 11 is 7.69. The van der Waals surface area contributed by atoms with Crippen molar-refractivity contribution in [3.63, 3.8) is 0 Å². The van der Waals surface area contributed by atoms with E-state index in [-0.39, 0.29) is 30.1 Å². The van der Waals surface area contributed by atoms with E-state index < -0.39 is 24.1 Å². The first kappa shape index (κ1) is 24.4. The van der Waals surface area contributed by atoms with Crippen molar-refractivity contribution in [2.24, 2.45) is 4.99 Å². The standard InChI is InChI=1S/C22H21ClF4N6S/c1-29-10-22(27)7-16-17(12(8-28)9-31-21(25)26)18(14-3-2-13(24)6-15(14)23)32-19(33(16)11-22)20-30-4-5-34-20/h2-6,8-9,18,21,28-29,31H,7,10-11H2,1H3/b12-9+,28-8?/t18-,22?/m0/s1. The molecule has 2 aliphatic heterocycles. The number of amidine groups is 1. The maximum Gasteiger partial charge on any atom is 0.312 e. The van der Waals surface area contributed by atoms with E-state index in [0.717, 1.165) is 18.5 Å². The van der Waals surface area contributed by atoms with Crippen LogP contribution in [0.15, 0.2) is 57.8 Å². The lowest BCUT2D eigenvalue weighted by Crippen LogP contribution is -2.40. The van der Waals surface area contributed by atoms with Crippen molar-refractivity contribution in [3.8, 4) is 0 Å². The van der Waals surface area contributed by atoms with Gasteiger partial charge in [0, 0.05) is 58.8 Å². The van der Waals surface area contributed by atoms with Crippen LogP contribution in [0.3, 0.4) is 0 Å². The molecule has 2 atom stereocenters. The van der Waals surface area contributed by atoms with Gasteiger partial charge in [-0.3, -0.25) is 4.99 Å². The highest BCUT2D eigenvalue weighted by Crippen LogP contribution is 2.47. The lowest BCUT2D eigenvalue weighted by Gasteiger charge is -2.33. The van der Waals surface area contributed by atoms with Crippen LogP contribution in [0.4, 0.5) is 17.6 Å². The lowest BCUT2D eigenvalue weighted by molar-refractivity contribution is 0.125. The van der Waals surface area contributed by atoms with Crippen LogP contribution in [-0.4, -0.2) is 54.3 Å². The third-order valence-corrected chi connectivity index (χ3v) is 6.64. The minimum absolute atomic E-state index is 0.0392. The highest BCUT2D eigenvalue weighted by Gasteiger charge is 2.47. The van der Waals surface area contributed by atoms with E-state index in [1.54, 1.807) is 23.5 Å². The van der Waals surface area contributed by atoms with E-state index in [2.05, 4.69) is 10.3 Å². The predicted octanol–water partition coefficient (Wildman–Crippen LogP) is 4.67. The monoisotopic (exact) mass is 512 g/mol. The molecule has 1 aromatic carbocycles. The second-order valence-corrected chi connectivity index (χ2v) is 9.18. The fraction of sp³-hybridized carbons (Fsp3) is 0.318. The molecule has 3 N–H and O–H groups in total. The lowest BCUT2D eigenvalue weighted by atomic mass is 9.89.